The molecular formula is C24H30N4O3S. The topological polar surface area (TPSA) is 73.9 Å². The zero-order valence-corrected chi connectivity index (χ0v) is 19.6. The van der Waals surface area contributed by atoms with Crippen LogP contribution in [-0.4, -0.2) is 56.2 Å². The smallest absolute Gasteiger partial charge is 0.338 e. The van der Waals surface area contributed by atoms with Crippen molar-refractivity contribution in [3.05, 3.63) is 63.0 Å². The molecule has 0 bridgehead atoms. The van der Waals surface area contributed by atoms with Crippen molar-refractivity contribution in [3.63, 3.8) is 0 Å². The number of urea groups is 1. The molecule has 2 amide bonds. The first-order valence-electron chi connectivity index (χ1n) is 11.0. The second kappa shape index (κ2) is 9.75. The molecule has 1 aromatic carbocycles. The van der Waals surface area contributed by atoms with Crippen LogP contribution in [0.15, 0.2) is 47.0 Å². The zero-order chi connectivity index (χ0) is 22.7. The maximum absolute atomic E-state index is 12.9. The number of ether oxygens (including phenoxy) is 1. The molecule has 2 aromatic rings. The summed E-state index contributed by atoms with van der Waals surface area (Å²) in [5, 5.41) is 7.72. The minimum Gasteiger partial charge on any atom is -0.463 e. The van der Waals surface area contributed by atoms with Gasteiger partial charge in [0.25, 0.3) is 0 Å². The highest BCUT2D eigenvalue weighted by atomic mass is 32.1. The van der Waals surface area contributed by atoms with Gasteiger partial charge in [0, 0.05) is 49.0 Å². The molecule has 3 heterocycles. The number of piperazine rings is 1. The lowest BCUT2D eigenvalue weighted by molar-refractivity contribution is -0.139. The Morgan fingerprint density at radius 3 is 2.66 bits per heavy atom. The van der Waals surface area contributed by atoms with Gasteiger partial charge < -0.3 is 20.3 Å². The number of carbonyl (C=O) groups excluding carboxylic acids is 2. The van der Waals surface area contributed by atoms with E-state index < -0.39 is 6.04 Å². The Balaban J connectivity index is 1.53. The van der Waals surface area contributed by atoms with Crippen molar-refractivity contribution in [2.75, 3.05) is 44.2 Å². The van der Waals surface area contributed by atoms with Crippen molar-refractivity contribution >= 4 is 29.0 Å². The largest absolute Gasteiger partial charge is 0.463 e. The maximum Gasteiger partial charge on any atom is 0.338 e. The fraction of sp³-hybridized carbons (Fsp3) is 0.417. The van der Waals surface area contributed by atoms with Crippen LogP contribution in [0.1, 0.15) is 29.0 Å². The van der Waals surface area contributed by atoms with Crippen molar-refractivity contribution in [2.24, 2.45) is 0 Å². The summed E-state index contributed by atoms with van der Waals surface area (Å²) < 4.78 is 5.35. The van der Waals surface area contributed by atoms with Gasteiger partial charge in [0.15, 0.2) is 0 Å². The Morgan fingerprint density at radius 2 is 1.97 bits per heavy atom. The molecule has 2 N–H and O–H groups in total. The Kier molecular flexibility index (Phi) is 6.81. The molecule has 4 rings (SSSR count). The predicted octanol–water partition coefficient (Wildman–Crippen LogP) is 3.36. The number of amides is 2. The van der Waals surface area contributed by atoms with Gasteiger partial charge >= 0.3 is 12.0 Å². The molecule has 1 aromatic heterocycles. The summed E-state index contributed by atoms with van der Waals surface area (Å²) in [4.78, 5) is 30.9. The highest BCUT2D eigenvalue weighted by molar-refractivity contribution is 7.10. The molecule has 0 saturated carbocycles. The van der Waals surface area contributed by atoms with E-state index in [1.54, 1.807) is 6.92 Å². The maximum atomic E-state index is 12.9. The number of hydrogen-bond donors (Lipinski definition) is 2. The van der Waals surface area contributed by atoms with Crippen LogP contribution in [0.4, 0.5) is 10.5 Å². The van der Waals surface area contributed by atoms with Gasteiger partial charge in [0.2, 0.25) is 0 Å². The van der Waals surface area contributed by atoms with E-state index in [0.29, 0.717) is 17.8 Å². The van der Waals surface area contributed by atoms with E-state index in [2.05, 4.69) is 52.5 Å². The van der Waals surface area contributed by atoms with Crippen LogP contribution in [0.25, 0.3) is 0 Å². The number of hydrogen-bond acceptors (Lipinski definition) is 6. The van der Waals surface area contributed by atoms with Gasteiger partial charge in [-0.25, -0.2) is 9.59 Å². The molecule has 8 heteroatoms. The minimum atomic E-state index is -0.492. The monoisotopic (exact) mass is 454 g/mol. The van der Waals surface area contributed by atoms with Crippen LogP contribution >= 0.6 is 11.3 Å². The van der Waals surface area contributed by atoms with Gasteiger partial charge in [-0.05, 0) is 49.4 Å². The van der Waals surface area contributed by atoms with Crippen molar-refractivity contribution in [1.29, 1.82) is 0 Å². The standard InChI is InChI=1S/C24H30N4O3S/c1-4-31-23(29)21-18(25-24(30)26-22(21)20-6-5-13-32-20)15-27-9-11-28(12-10-27)19-14-16(2)7-8-17(19)3/h5-8,13-14,22H,4,9-12,15H2,1-3H3,(H2,25,26,30). The van der Waals surface area contributed by atoms with E-state index in [-0.39, 0.29) is 18.6 Å². The lowest BCUT2D eigenvalue weighted by Crippen LogP contribution is -2.51. The third-order valence-electron chi connectivity index (χ3n) is 5.94. The van der Waals surface area contributed by atoms with E-state index >= 15 is 0 Å². The number of rotatable bonds is 6. The molecule has 1 unspecified atom stereocenters. The summed E-state index contributed by atoms with van der Waals surface area (Å²) in [7, 11) is 0. The summed E-state index contributed by atoms with van der Waals surface area (Å²) in [5.74, 6) is -0.387. The lowest BCUT2D eigenvalue weighted by Gasteiger charge is -2.38. The van der Waals surface area contributed by atoms with E-state index in [0.717, 1.165) is 31.1 Å². The van der Waals surface area contributed by atoms with Crippen LogP contribution in [0.5, 0.6) is 0 Å². The Bertz CT molecular complexity index is 1010. The highest BCUT2D eigenvalue weighted by Crippen LogP contribution is 2.31. The molecule has 170 valence electrons. The normalized spacial score (nSPS) is 19.5. The first-order valence-corrected chi connectivity index (χ1v) is 11.9. The van der Waals surface area contributed by atoms with Gasteiger partial charge in [0.1, 0.15) is 0 Å². The van der Waals surface area contributed by atoms with Crippen molar-refractivity contribution in [1.82, 2.24) is 15.5 Å². The Labute approximate surface area is 193 Å². The van der Waals surface area contributed by atoms with Crippen molar-refractivity contribution in [2.45, 2.75) is 26.8 Å². The summed E-state index contributed by atoms with van der Waals surface area (Å²) in [6, 6.07) is 9.62. The molecule has 7 nitrogen and oxygen atoms in total. The first-order chi connectivity index (χ1) is 15.5. The van der Waals surface area contributed by atoms with Gasteiger partial charge in [-0.2, -0.15) is 0 Å². The zero-order valence-electron chi connectivity index (χ0n) is 18.8. The summed E-state index contributed by atoms with van der Waals surface area (Å²) in [6.45, 7) is 10.3. The fourth-order valence-corrected chi connectivity index (χ4v) is 5.08. The molecule has 2 aliphatic rings. The Hall–Kier alpha value is -2.84. The van der Waals surface area contributed by atoms with Crippen LogP contribution in [0.2, 0.25) is 0 Å². The number of anilines is 1. The quantitative estimate of drug-likeness (QED) is 0.655. The fourth-order valence-electron chi connectivity index (χ4n) is 4.29. The van der Waals surface area contributed by atoms with Crippen LogP contribution < -0.4 is 15.5 Å². The first kappa shape index (κ1) is 22.4. The number of benzene rings is 1. The average Bonchev–Trinajstić information content (AvgIpc) is 3.31. The minimum absolute atomic E-state index is 0.287. The van der Waals surface area contributed by atoms with Gasteiger partial charge in [0.05, 0.1) is 18.2 Å². The molecule has 1 atom stereocenters. The number of aryl methyl sites for hydroxylation is 2. The predicted molar refractivity (Wildman–Crippen MR) is 127 cm³/mol. The second-order valence-corrected chi connectivity index (χ2v) is 9.19. The number of nitrogens with zero attached hydrogens (tertiary/aromatic N) is 2. The summed E-state index contributed by atoms with van der Waals surface area (Å²) in [6.07, 6.45) is 0. The molecule has 1 saturated heterocycles. The molecular weight excluding hydrogens is 424 g/mol. The van der Waals surface area contributed by atoms with Crippen LogP contribution in [0.3, 0.4) is 0 Å². The third-order valence-corrected chi connectivity index (χ3v) is 6.87. The molecule has 32 heavy (non-hydrogen) atoms. The van der Waals surface area contributed by atoms with Gasteiger partial charge in [-0.15, -0.1) is 11.3 Å². The van der Waals surface area contributed by atoms with Crippen molar-refractivity contribution in [3.8, 4) is 0 Å². The average molecular weight is 455 g/mol. The molecule has 0 spiro atoms. The third kappa shape index (κ3) is 4.81. The highest BCUT2D eigenvalue weighted by Gasteiger charge is 2.35. The van der Waals surface area contributed by atoms with Gasteiger partial charge in [-0.3, -0.25) is 4.90 Å². The molecule has 0 radical (unpaired) electrons. The Morgan fingerprint density at radius 1 is 1.19 bits per heavy atom. The SMILES string of the molecule is CCOC(=O)C1=C(CN2CCN(c3cc(C)ccc3C)CC2)NC(=O)NC1c1cccs1. The number of nitrogens with one attached hydrogen (secondary N) is 2. The molecule has 1 fully saturated rings. The van der Waals surface area contributed by atoms with Gasteiger partial charge in [-0.1, -0.05) is 18.2 Å². The van der Waals surface area contributed by atoms with E-state index in [1.807, 2.05) is 17.5 Å². The van der Waals surface area contributed by atoms with Crippen LogP contribution in [-0.2, 0) is 9.53 Å². The summed E-state index contributed by atoms with van der Waals surface area (Å²) >= 11 is 1.51. The number of thiophene rings is 1. The molecule has 2 aliphatic heterocycles. The second-order valence-electron chi connectivity index (χ2n) is 8.21. The van der Waals surface area contributed by atoms with E-state index in [9.17, 15) is 9.59 Å². The number of carbonyl (C=O) groups is 2. The van der Waals surface area contributed by atoms with E-state index in [4.69, 9.17) is 4.74 Å². The summed E-state index contributed by atoms with van der Waals surface area (Å²) in [5.41, 5.74) is 4.94. The van der Waals surface area contributed by atoms with Crippen molar-refractivity contribution < 1.29 is 14.3 Å². The molecule has 0 aliphatic carbocycles. The number of esters is 1. The van der Waals surface area contributed by atoms with E-state index in [1.165, 1.54) is 28.2 Å². The lowest BCUT2D eigenvalue weighted by atomic mass is 10.0. The van der Waals surface area contributed by atoms with Crippen LogP contribution in [0, 0.1) is 13.8 Å².